The van der Waals surface area contributed by atoms with Crippen molar-refractivity contribution in [3.63, 3.8) is 0 Å². The summed E-state index contributed by atoms with van der Waals surface area (Å²) in [6.45, 7) is 2.67. The fourth-order valence-corrected chi connectivity index (χ4v) is 5.42. The molecule has 3 aliphatic heterocycles. The number of methoxy groups -OCH3 is 1. The van der Waals surface area contributed by atoms with E-state index >= 15 is 0 Å². The molecule has 0 bridgehead atoms. The van der Waals surface area contributed by atoms with Crippen molar-refractivity contribution in [2.45, 2.75) is 43.4 Å². The number of hydrogen-bond donors (Lipinski definition) is 1. The molecule has 1 unspecified atom stereocenters. The van der Waals surface area contributed by atoms with Gasteiger partial charge in [-0.15, -0.1) is 0 Å². The fourth-order valence-electron chi connectivity index (χ4n) is 5.42. The van der Waals surface area contributed by atoms with Crippen molar-refractivity contribution in [3.8, 4) is 0 Å². The number of aromatic nitrogens is 1. The lowest BCUT2D eigenvalue weighted by Crippen LogP contribution is -2.79. The summed E-state index contributed by atoms with van der Waals surface area (Å²) in [7, 11) is 1.62. The Morgan fingerprint density at radius 3 is 2.69 bits per heavy atom. The lowest BCUT2D eigenvalue weighted by Gasteiger charge is -2.61. The molecule has 3 saturated heterocycles. The first-order valence-electron chi connectivity index (χ1n) is 10.4. The SMILES string of the molecule is COC1C(=O)N(C2CCN(C(=O)c3ccc4cc[nH]c4c3)CC2)C12CCOCC2. The standard InChI is InChI=1S/C22H27N3O4/c1-28-19-21(27)25(22(19)7-12-29-13-8-22)17-5-10-24(11-6-17)20(26)16-3-2-15-4-9-23-18(15)14-16/h2-4,9,14,17,19,23H,5-8,10-13H2,1H3. The normalized spacial score (nSPS) is 24.9. The van der Waals surface area contributed by atoms with Crippen LogP contribution in [0.2, 0.25) is 0 Å². The lowest BCUT2D eigenvalue weighted by molar-refractivity contribution is -0.213. The maximum absolute atomic E-state index is 13.0. The van der Waals surface area contributed by atoms with Crippen molar-refractivity contribution in [1.82, 2.24) is 14.8 Å². The molecule has 0 radical (unpaired) electrons. The Hall–Kier alpha value is -2.38. The number of rotatable bonds is 3. The van der Waals surface area contributed by atoms with Gasteiger partial charge in [-0.25, -0.2) is 0 Å². The molecule has 7 heteroatoms. The number of H-pyrrole nitrogens is 1. The molecule has 29 heavy (non-hydrogen) atoms. The van der Waals surface area contributed by atoms with Crippen molar-refractivity contribution in [3.05, 3.63) is 36.0 Å². The molecule has 154 valence electrons. The summed E-state index contributed by atoms with van der Waals surface area (Å²) in [6.07, 6.45) is 4.80. The van der Waals surface area contributed by atoms with Crippen LogP contribution < -0.4 is 0 Å². The zero-order valence-electron chi connectivity index (χ0n) is 16.7. The first kappa shape index (κ1) is 18.6. The highest BCUT2D eigenvalue weighted by atomic mass is 16.5. The van der Waals surface area contributed by atoms with Gasteiger partial charge in [0.1, 0.15) is 0 Å². The highest BCUT2D eigenvalue weighted by molar-refractivity contribution is 5.98. The van der Waals surface area contributed by atoms with Crippen molar-refractivity contribution in [1.29, 1.82) is 0 Å². The molecule has 1 atom stereocenters. The number of hydrogen-bond acceptors (Lipinski definition) is 4. The maximum Gasteiger partial charge on any atom is 0.254 e. The third-order valence-electron chi connectivity index (χ3n) is 6.94. The van der Waals surface area contributed by atoms with Gasteiger partial charge in [-0.1, -0.05) is 6.07 Å². The number of carbonyl (C=O) groups excluding carboxylic acids is 2. The molecular formula is C22H27N3O4. The van der Waals surface area contributed by atoms with Crippen LogP contribution in [0, 0.1) is 0 Å². The third-order valence-corrected chi connectivity index (χ3v) is 6.94. The van der Waals surface area contributed by atoms with E-state index in [0.717, 1.165) is 36.6 Å². The number of aromatic amines is 1. The predicted octanol–water partition coefficient (Wildman–Crippen LogP) is 2.18. The Morgan fingerprint density at radius 2 is 1.97 bits per heavy atom. The number of likely N-dealkylation sites (tertiary alicyclic amines) is 2. The van der Waals surface area contributed by atoms with Crippen LogP contribution in [0.3, 0.4) is 0 Å². The minimum absolute atomic E-state index is 0.0606. The second kappa shape index (κ2) is 7.15. The number of fused-ring (bicyclic) bond motifs is 1. The predicted molar refractivity (Wildman–Crippen MR) is 108 cm³/mol. The van der Waals surface area contributed by atoms with Gasteiger partial charge >= 0.3 is 0 Å². The first-order valence-corrected chi connectivity index (χ1v) is 10.4. The molecule has 2 amide bonds. The Morgan fingerprint density at radius 1 is 1.21 bits per heavy atom. The molecular weight excluding hydrogens is 370 g/mol. The van der Waals surface area contributed by atoms with Crippen LogP contribution in [0.4, 0.5) is 0 Å². The fraction of sp³-hybridized carbons (Fsp3) is 0.545. The second-order valence-corrected chi connectivity index (χ2v) is 8.34. The van der Waals surface area contributed by atoms with Crippen LogP contribution in [-0.2, 0) is 14.3 Å². The number of nitrogens with zero attached hydrogens (tertiary/aromatic N) is 2. The van der Waals surface area contributed by atoms with Crippen molar-refractivity contribution >= 4 is 22.7 Å². The van der Waals surface area contributed by atoms with E-state index in [4.69, 9.17) is 9.47 Å². The summed E-state index contributed by atoms with van der Waals surface area (Å²) in [5, 5.41) is 1.10. The number of ether oxygens (including phenoxy) is 2. The number of β-lactam (4-membered cyclic amide) rings is 1. The molecule has 0 saturated carbocycles. The zero-order chi connectivity index (χ0) is 20.0. The van der Waals surface area contributed by atoms with Crippen molar-refractivity contribution in [2.75, 3.05) is 33.4 Å². The Balaban J connectivity index is 1.27. The number of carbonyl (C=O) groups is 2. The topological polar surface area (TPSA) is 74.9 Å². The molecule has 5 rings (SSSR count). The molecule has 7 nitrogen and oxygen atoms in total. The molecule has 3 fully saturated rings. The zero-order valence-corrected chi connectivity index (χ0v) is 16.7. The smallest absolute Gasteiger partial charge is 0.254 e. The summed E-state index contributed by atoms with van der Waals surface area (Å²) in [6, 6.07) is 7.96. The van der Waals surface area contributed by atoms with E-state index in [1.165, 1.54) is 0 Å². The molecule has 4 heterocycles. The molecule has 1 aromatic carbocycles. The van der Waals surface area contributed by atoms with Gasteiger partial charge in [0.2, 0.25) is 0 Å². The highest BCUT2D eigenvalue weighted by Crippen LogP contribution is 2.45. The van der Waals surface area contributed by atoms with E-state index in [-0.39, 0.29) is 29.5 Å². The van der Waals surface area contributed by atoms with Crippen LogP contribution in [-0.4, -0.2) is 77.7 Å². The Bertz CT molecular complexity index is 925. The van der Waals surface area contributed by atoms with Gasteiger partial charge in [0, 0.05) is 56.7 Å². The van der Waals surface area contributed by atoms with Crippen LogP contribution in [0.1, 0.15) is 36.0 Å². The maximum atomic E-state index is 13.0. The number of amides is 2. The molecule has 0 aliphatic carbocycles. The Kier molecular flexibility index (Phi) is 4.59. The number of nitrogens with one attached hydrogen (secondary N) is 1. The summed E-state index contributed by atoms with van der Waals surface area (Å²) in [5.41, 5.74) is 1.46. The third kappa shape index (κ3) is 2.87. The van der Waals surface area contributed by atoms with Crippen LogP contribution in [0.15, 0.2) is 30.5 Å². The lowest BCUT2D eigenvalue weighted by atomic mass is 9.72. The summed E-state index contributed by atoms with van der Waals surface area (Å²) in [5.74, 6) is 0.154. The molecule has 3 aliphatic rings. The van der Waals surface area contributed by atoms with Crippen LogP contribution >= 0.6 is 0 Å². The monoisotopic (exact) mass is 397 g/mol. The van der Waals surface area contributed by atoms with E-state index in [9.17, 15) is 9.59 Å². The number of benzene rings is 1. The second-order valence-electron chi connectivity index (χ2n) is 8.34. The molecule has 1 aromatic heterocycles. The summed E-state index contributed by atoms with van der Waals surface area (Å²) >= 11 is 0. The largest absolute Gasteiger partial charge is 0.381 e. The van der Waals surface area contributed by atoms with Gasteiger partial charge in [0.25, 0.3) is 11.8 Å². The molecule has 1 N–H and O–H groups in total. The summed E-state index contributed by atoms with van der Waals surface area (Å²) < 4.78 is 11.1. The molecule has 2 aromatic rings. The quantitative estimate of drug-likeness (QED) is 0.806. The average Bonchev–Trinajstić information content (AvgIpc) is 3.23. The van der Waals surface area contributed by atoms with E-state index in [2.05, 4.69) is 9.88 Å². The van der Waals surface area contributed by atoms with Gasteiger partial charge in [-0.3, -0.25) is 9.59 Å². The van der Waals surface area contributed by atoms with E-state index in [1.807, 2.05) is 35.4 Å². The number of piperidine rings is 1. The van der Waals surface area contributed by atoms with Crippen LogP contribution in [0.5, 0.6) is 0 Å². The van der Waals surface area contributed by atoms with Gasteiger partial charge in [-0.2, -0.15) is 0 Å². The van der Waals surface area contributed by atoms with E-state index in [0.29, 0.717) is 31.9 Å². The van der Waals surface area contributed by atoms with Crippen LogP contribution in [0.25, 0.3) is 10.9 Å². The van der Waals surface area contributed by atoms with Crippen molar-refractivity contribution in [2.24, 2.45) is 0 Å². The average molecular weight is 397 g/mol. The Labute approximate surface area is 169 Å². The highest BCUT2D eigenvalue weighted by Gasteiger charge is 2.62. The van der Waals surface area contributed by atoms with E-state index < -0.39 is 0 Å². The van der Waals surface area contributed by atoms with Crippen molar-refractivity contribution < 1.29 is 19.1 Å². The first-order chi connectivity index (χ1) is 14.1. The van der Waals surface area contributed by atoms with Gasteiger partial charge in [0.05, 0.1) is 5.54 Å². The van der Waals surface area contributed by atoms with E-state index in [1.54, 1.807) is 7.11 Å². The minimum atomic E-state index is -0.349. The van der Waals surface area contributed by atoms with Gasteiger partial charge in [-0.05, 0) is 49.3 Å². The minimum Gasteiger partial charge on any atom is -0.381 e. The van der Waals surface area contributed by atoms with Gasteiger partial charge in [0.15, 0.2) is 6.10 Å². The van der Waals surface area contributed by atoms with Gasteiger partial charge < -0.3 is 24.3 Å². The molecule has 1 spiro atoms. The summed E-state index contributed by atoms with van der Waals surface area (Å²) in [4.78, 5) is 32.9.